The lowest BCUT2D eigenvalue weighted by molar-refractivity contribution is 1.53. The van der Waals surface area contributed by atoms with Gasteiger partial charge in [0.1, 0.15) is 0 Å². The van der Waals surface area contributed by atoms with Crippen molar-refractivity contribution in [1.82, 2.24) is 4.98 Å². The van der Waals surface area contributed by atoms with E-state index in [1.807, 2.05) is 18.2 Å². The van der Waals surface area contributed by atoms with Crippen molar-refractivity contribution in [2.24, 2.45) is 0 Å². The SMILES string of the molecule is Clc1c(-c2ccccc2)cccc1-c1cccc2c1[nH]c1ccccc12. The van der Waals surface area contributed by atoms with Gasteiger partial charge in [-0.3, -0.25) is 0 Å². The van der Waals surface area contributed by atoms with Crippen LogP contribution >= 0.6 is 11.6 Å². The highest BCUT2D eigenvalue weighted by Crippen LogP contribution is 2.40. The van der Waals surface area contributed by atoms with Crippen molar-refractivity contribution < 1.29 is 0 Å². The van der Waals surface area contributed by atoms with E-state index in [0.29, 0.717) is 0 Å². The van der Waals surface area contributed by atoms with Gasteiger partial charge in [-0.05, 0) is 11.6 Å². The minimum atomic E-state index is 0.782. The quantitative estimate of drug-likeness (QED) is 0.342. The highest BCUT2D eigenvalue weighted by molar-refractivity contribution is 6.36. The van der Waals surface area contributed by atoms with Crippen LogP contribution in [0.25, 0.3) is 44.1 Å². The zero-order valence-electron chi connectivity index (χ0n) is 14.0. The van der Waals surface area contributed by atoms with Gasteiger partial charge in [0.25, 0.3) is 0 Å². The summed E-state index contributed by atoms with van der Waals surface area (Å²) in [5.41, 5.74) is 6.62. The first-order chi connectivity index (χ1) is 12.8. The van der Waals surface area contributed by atoms with Crippen molar-refractivity contribution in [1.29, 1.82) is 0 Å². The number of nitrogens with one attached hydrogen (secondary N) is 1. The van der Waals surface area contributed by atoms with Crippen molar-refractivity contribution in [2.75, 3.05) is 0 Å². The van der Waals surface area contributed by atoms with E-state index in [1.165, 1.54) is 10.8 Å². The number of H-pyrrole nitrogens is 1. The first-order valence-corrected chi connectivity index (χ1v) is 9.04. The number of fused-ring (bicyclic) bond motifs is 3. The Morgan fingerprint density at radius 1 is 0.538 bits per heavy atom. The first-order valence-electron chi connectivity index (χ1n) is 8.67. The second-order valence-electron chi connectivity index (χ2n) is 6.43. The van der Waals surface area contributed by atoms with Crippen LogP contribution in [0.4, 0.5) is 0 Å². The third-order valence-corrected chi connectivity index (χ3v) is 5.32. The van der Waals surface area contributed by atoms with Gasteiger partial charge in [-0.1, -0.05) is 96.5 Å². The fourth-order valence-corrected chi connectivity index (χ4v) is 4.02. The zero-order chi connectivity index (χ0) is 17.5. The molecule has 0 aliphatic carbocycles. The van der Waals surface area contributed by atoms with Gasteiger partial charge in [-0.2, -0.15) is 0 Å². The monoisotopic (exact) mass is 353 g/mol. The van der Waals surface area contributed by atoms with E-state index in [0.717, 1.165) is 38.3 Å². The van der Waals surface area contributed by atoms with Crippen molar-refractivity contribution >= 4 is 33.4 Å². The maximum atomic E-state index is 6.86. The van der Waals surface area contributed by atoms with Gasteiger partial charge < -0.3 is 4.98 Å². The third-order valence-electron chi connectivity index (χ3n) is 4.92. The molecule has 0 aliphatic heterocycles. The summed E-state index contributed by atoms with van der Waals surface area (Å²) in [4.78, 5) is 3.57. The molecule has 5 aromatic rings. The van der Waals surface area contributed by atoms with E-state index in [-0.39, 0.29) is 0 Å². The summed E-state index contributed by atoms with van der Waals surface area (Å²) in [5, 5.41) is 3.24. The number of hydrogen-bond donors (Lipinski definition) is 1. The summed E-state index contributed by atoms with van der Waals surface area (Å²) < 4.78 is 0. The number of aromatic amines is 1. The summed E-state index contributed by atoms with van der Waals surface area (Å²) in [6.07, 6.45) is 0. The highest BCUT2D eigenvalue weighted by Gasteiger charge is 2.14. The minimum absolute atomic E-state index is 0.782. The molecule has 0 atom stereocenters. The van der Waals surface area contributed by atoms with Crippen LogP contribution in [-0.4, -0.2) is 4.98 Å². The molecule has 1 N–H and O–H groups in total. The molecule has 0 fully saturated rings. The molecule has 0 saturated carbocycles. The Hall–Kier alpha value is -3.03. The Balaban J connectivity index is 1.79. The van der Waals surface area contributed by atoms with Gasteiger partial charge >= 0.3 is 0 Å². The van der Waals surface area contributed by atoms with Crippen molar-refractivity contribution in [3.05, 3.63) is 96.0 Å². The fourth-order valence-electron chi connectivity index (χ4n) is 3.68. The zero-order valence-corrected chi connectivity index (χ0v) is 14.8. The summed E-state index contributed by atoms with van der Waals surface area (Å²) >= 11 is 6.86. The summed E-state index contributed by atoms with van der Waals surface area (Å²) in [6.45, 7) is 0. The van der Waals surface area contributed by atoms with Crippen molar-refractivity contribution in [3.8, 4) is 22.3 Å². The van der Waals surface area contributed by atoms with Gasteiger partial charge in [-0.25, -0.2) is 0 Å². The molecule has 0 aliphatic rings. The van der Waals surface area contributed by atoms with E-state index in [1.54, 1.807) is 0 Å². The molecule has 0 bridgehead atoms. The molecule has 1 heterocycles. The van der Waals surface area contributed by atoms with Crippen LogP contribution in [0.5, 0.6) is 0 Å². The lowest BCUT2D eigenvalue weighted by Gasteiger charge is -2.11. The average molecular weight is 354 g/mol. The number of hydrogen-bond acceptors (Lipinski definition) is 0. The summed E-state index contributed by atoms with van der Waals surface area (Å²) in [7, 11) is 0. The predicted molar refractivity (Wildman–Crippen MR) is 112 cm³/mol. The predicted octanol–water partition coefficient (Wildman–Crippen LogP) is 7.31. The van der Waals surface area contributed by atoms with Crippen LogP contribution < -0.4 is 0 Å². The second-order valence-corrected chi connectivity index (χ2v) is 6.81. The standard InChI is InChI=1S/C24H16ClN/c25-23-17(16-8-2-1-3-9-16)11-6-12-19(23)21-14-7-13-20-18-10-4-5-15-22(18)26-24(20)21/h1-15,26H. The van der Waals surface area contributed by atoms with Crippen molar-refractivity contribution in [2.45, 2.75) is 0 Å². The van der Waals surface area contributed by atoms with Crippen LogP contribution in [0, 0.1) is 0 Å². The van der Waals surface area contributed by atoms with Crippen LogP contribution in [0.2, 0.25) is 5.02 Å². The molecule has 0 amide bonds. The van der Waals surface area contributed by atoms with E-state index >= 15 is 0 Å². The largest absolute Gasteiger partial charge is 0.354 e. The van der Waals surface area contributed by atoms with Crippen LogP contribution in [-0.2, 0) is 0 Å². The molecule has 124 valence electrons. The van der Waals surface area contributed by atoms with Gasteiger partial charge in [-0.15, -0.1) is 0 Å². The topological polar surface area (TPSA) is 15.8 Å². The number of aromatic nitrogens is 1. The Bertz CT molecular complexity index is 1240. The van der Waals surface area contributed by atoms with Crippen LogP contribution in [0.1, 0.15) is 0 Å². The Morgan fingerprint density at radius 3 is 2.08 bits per heavy atom. The Labute approximate surface area is 156 Å². The molecule has 1 nitrogen and oxygen atoms in total. The average Bonchev–Trinajstić information content (AvgIpc) is 3.08. The molecule has 1 aromatic heterocycles. The number of para-hydroxylation sites is 2. The fraction of sp³-hybridized carbons (Fsp3) is 0. The Kier molecular flexibility index (Phi) is 3.55. The summed E-state index contributed by atoms with van der Waals surface area (Å²) in [5.74, 6) is 0. The normalized spacial score (nSPS) is 11.3. The molecule has 0 radical (unpaired) electrons. The smallest absolute Gasteiger partial charge is 0.0563 e. The third kappa shape index (κ3) is 2.33. The van der Waals surface area contributed by atoms with Gasteiger partial charge in [0.05, 0.1) is 10.5 Å². The molecule has 0 spiro atoms. The molecule has 0 saturated heterocycles. The number of benzene rings is 4. The Morgan fingerprint density at radius 2 is 1.19 bits per heavy atom. The minimum Gasteiger partial charge on any atom is -0.354 e. The molecular formula is C24H16ClN. The van der Waals surface area contributed by atoms with E-state index in [4.69, 9.17) is 11.6 Å². The number of halogens is 1. The van der Waals surface area contributed by atoms with E-state index < -0.39 is 0 Å². The van der Waals surface area contributed by atoms with Gasteiger partial charge in [0, 0.05) is 33.0 Å². The van der Waals surface area contributed by atoms with E-state index in [2.05, 4.69) is 77.8 Å². The second kappa shape index (κ2) is 6.05. The molecule has 5 rings (SSSR count). The first kappa shape index (κ1) is 15.2. The number of rotatable bonds is 2. The molecule has 0 unspecified atom stereocenters. The summed E-state index contributed by atoms with van der Waals surface area (Å²) in [6, 6.07) is 31.3. The molecule has 26 heavy (non-hydrogen) atoms. The van der Waals surface area contributed by atoms with E-state index in [9.17, 15) is 0 Å². The molecule has 4 aromatic carbocycles. The maximum Gasteiger partial charge on any atom is 0.0563 e. The van der Waals surface area contributed by atoms with Crippen LogP contribution in [0.3, 0.4) is 0 Å². The highest BCUT2D eigenvalue weighted by atomic mass is 35.5. The molecular weight excluding hydrogens is 338 g/mol. The lowest BCUT2D eigenvalue weighted by Crippen LogP contribution is -1.86. The van der Waals surface area contributed by atoms with Crippen molar-refractivity contribution in [3.63, 3.8) is 0 Å². The maximum absolute atomic E-state index is 6.86. The van der Waals surface area contributed by atoms with Gasteiger partial charge in [0.2, 0.25) is 0 Å². The lowest BCUT2D eigenvalue weighted by atomic mass is 9.97. The van der Waals surface area contributed by atoms with Gasteiger partial charge in [0.15, 0.2) is 0 Å². The van der Waals surface area contributed by atoms with Crippen LogP contribution in [0.15, 0.2) is 91.0 Å². The molecule has 2 heteroatoms.